The van der Waals surface area contributed by atoms with Gasteiger partial charge in [0.2, 0.25) is 0 Å². The molecule has 0 bridgehead atoms. The van der Waals surface area contributed by atoms with Gasteiger partial charge in [0.1, 0.15) is 5.75 Å². The van der Waals surface area contributed by atoms with Crippen LogP contribution in [0.2, 0.25) is 5.02 Å². The smallest absolute Gasteiger partial charge is 0.123 e. The van der Waals surface area contributed by atoms with Crippen LogP contribution < -0.4 is 10.5 Å². The van der Waals surface area contributed by atoms with Crippen molar-refractivity contribution in [3.63, 3.8) is 0 Å². The molecule has 0 saturated heterocycles. The van der Waals surface area contributed by atoms with Crippen molar-refractivity contribution in [1.82, 2.24) is 0 Å². The number of halogens is 1. The van der Waals surface area contributed by atoms with Crippen LogP contribution in [0.1, 0.15) is 31.2 Å². The van der Waals surface area contributed by atoms with E-state index in [1.807, 2.05) is 18.2 Å². The van der Waals surface area contributed by atoms with Crippen molar-refractivity contribution in [2.24, 2.45) is 5.73 Å². The number of hydrogen-bond donors (Lipinski definition) is 1. The lowest BCUT2D eigenvalue weighted by Gasteiger charge is -2.16. The zero-order valence-corrected chi connectivity index (χ0v) is 10.2. The van der Waals surface area contributed by atoms with Gasteiger partial charge in [0, 0.05) is 5.02 Å². The highest BCUT2D eigenvalue weighted by molar-refractivity contribution is 6.30. The van der Waals surface area contributed by atoms with Crippen LogP contribution in [0.5, 0.6) is 5.75 Å². The molecule has 0 unspecified atom stereocenters. The first-order valence-corrected chi connectivity index (χ1v) is 6.32. The molecule has 0 radical (unpaired) electrons. The summed E-state index contributed by atoms with van der Waals surface area (Å²) < 4.78 is 6.00. The largest absolute Gasteiger partial charge is 0.490 e. The van der Waals surface area contributed by atoms with E-state index in [1.54, 1.807) is 0 Å². The third-order valence-corrected chi connectivity index (χ3v) is 3.27. The normalized spacial score (nSPS) is 16.6. The molecule has 1 aliphatic rings. The van der Waals surface area contributed by atoms with E-state index in [9.17, 15) is 0 Å². The molecule has 1 aromatic rings. The third kappa shape index (κ3) is 2.89. The van der Waals surface area contributed by atoms with Gasteiger partial charge >= 0.3 is 0 Å². The van der Waals surface area contributed by atoms with Crippen LogP contribution in [-0.4, -0.2) is 12.6 Å². The molecule has 1 fully saturated rings. The Bertz CT molecular complexity index is 348. The molecule has 2 N–H and O–H groups in total. The predicted molar refractivity (Wildman–Crippen MR) is 67.1 cm³/mol. The lowest BCUT2D eigenvalue weighted by Crippen LogP contribution is -2.13. The minimum Gasteiger partial charge on any atom is -0.490 e. The summed E-state index contributed by atoms with van der Waals surface area (Å²) in [6, 6.07) is 5.80. The van der Waals surface area contributed by atoms with E-state index in [1.165, 1.54) is 25.7 Å². The van der Waals surface area contributed by atoms with E-state index in [-0.39, 0.29) is 0 Å². The second-order valence-corrected chi connectivity index (χ2v) is 4.75. The van der Waals surface area contributed by atoms with Crippen LogP contribution in [0.15, 0.2) is 18.2 Å². The molecule has 0 spiro atoms. The van der Waals surface area contributed by atoms with Gasteiger partial charge in [-0.25, -0.2) is 0 Å². The summed E-state index contributed by atoms with van der Waals surface area (Å²) in [6.45, 7) is 0.626. The first kappa shape index (κ1) is 11.7. The highest BCUT2D eigenvalue weighted by Crippen LogP contribution is 2.28. The fourth-order valence-electron chi connectivity index (χ4n) is 2.20. The zero-order valence-electron chi connectivity index (χ0n) is 9.42. The Labute approximate surface area is 102 Å². The predicted octanol–water partition coefficient (Wildman–Crippen LogP) is 3.16. The average molecular weight is 240 g/mol. The second-order valence-electron chi connectivity index (χ2n) is 4.32. The van der Waals surface area contributed by atoms with Gasteiger partial charge in [0.15, 0.2) is 0 Å². The Morgan fingerprint density at radius 2 is 2.06 bits per heavy atom. The van der Waals surface area contributed by atoms with Crippen molar-refractivity contribution < 1.29 is 4.74 Å². The number of ether oxygens (including phenoxy) is 1. The maximum Gasteiger partial charge on any atom is 0.123 e. The maximum atomic E-state index is 6.00. The van der Waals surface area contributed by atoms with E-state index in [0.29, 0.717) is 12.6 Å². The summed E-state index contributed by atoms with van der Waals surface area (Å²) in [5, 5.41) is 0.752. The number of hydrogen-bond acceptors (Lipinski definition) is 2. The molecule has 0 amide bonds. The second kappa shape index (κ2) is 5.55. The molecular weight excluding hydrogens is 222 g/mol. The Morgan fingerprint density at radius 3 is 2.75 bits per heavy atom. The maximum absolute atomic E-state index is 6.00. The molecule has 2 nitrogen and oxygen atoms in total. The molecule has 0 atom stereocenters. The van der Waals surface area contributed by atoms with Crippen LogP contribution in [-0.2, 0) is 6.42 Å². The van der Waals surface area contributed by atoms with E-state index < -0.39 is 0 Å². The SMILES string of the molecule is NCCc1cc(Cl)ccc1OC1CCCC1. The summed E-state index contributed by atoms with van der Waals surface area (Å²) in [7, 11) is 0. The molecule has 1 aliphatic carbocycles. The van der Waals surface area contributed by atoms with Crippen LogP contribution in [0.25, 0.3) is 0 Å². The van der Waals surface area contributed by atoms with E-state index >= 15 is 0 Å². The van der Waals surface area contributed by atoms with Gasteiger partial charge in [-0.05, 0) is 62.4 Å². The standard InChI is InChI=1S/C13H18ClNO/c14-11-5-6-13(10(9-11)7-8-15)16-12-3-1-2-4-12/h5-6,9,12H,1-4,7-8,15H2. The van der Waals surface area contributed by atoms with Crippen molar-refractivity contribution in [2.75, 3.05) is 6.54 Å². The number of rotatable bonds is 4. The highest BCUT2D eigenvalue weighted by atomic mass is 35.5. The van der Waals surface area contributed by atoms with E-state index in [4.69, 9.17) is 22.1 Å². The molecule has 0 heterocycles. The molecule has 3 heteroatoms. The molecule has 16 heavy (non-hydrogen) atoms. The van der Waals surface area contributed by atoms with E-state index in [2.05, 4.69) is 0 Å². The van der Waals surface area contributed by atoms with Crippen LogP contribution in [0, 0.1) is 0 Å². The molecule has 1 saturated carbocycles. The van der Waals surface area contributed by atoms with Crippen LogP contribution >= 0.6 is 11.6 Å². The van der Waals surface area contributed by atoms with Crippen molar-refractivity contribution in [2.45, 2.75) is 38.2 Å². The molecule has 88 valence electrons. The summed E-state index contributed by atoms with van der Waals surface area (Å²) in [5.41, 5.74) is 6.72. The first-order valence-electron chi connectivity index (χ1n) is 5.95. The van der Waals surface area contributed by atoms with Crippen molar-refractivity contribution in [3.8, 4) is 5.75 Å². The zero-order chi connectivity index (χ0) is 11.4. The minimum absolute atomic E-state index is 0.387. The summed E-state index contributed by atoms with van der Waals surface area (Å²) in [4.78, 5) is 0. The third-order valence-electron chi connectivity index (χ3n) is 3.03. The summed E-state index contributed by atoms with van der Waals surface area (Å²) in [6.07, 6.45) is 6.12. The van der Waals surface area contributed by atoms with Gasteiger partial charge in [-0.2, -0.15) is 0 Å². The first-order chi connectivity index (χ1) is 7.79. The molecule has 1 aromatic carbocycles. The number of nitrogens with two attached hydrogens (primary N) is 1. The fourth-order valence-corrected chi connectivity index (χ4v) is 2.39. The van der Waals surface area contributed by atoms with Crippen molar-refractivity contribution in [1.29, 1.82) is 0 Å². The molecular formula is C13H18ClNO. The molecule has 0 aliphatic heterocycles. The quantitative estimate of drug-likeness (QED) is 0.876. The Hall–Kier alpha value is -0.730. The highest BCUT2D eigenvalue weighted by Gasteiger charge is 2.17. The Kier molecular flexibility index (Phi) is 4.08. The monoisotopic (exact) mass is 239 g/mol. The summed E-state index contributed by atoms with van der Waals surface area (Å²) in [5.74, 6) is 0.960. The molecule has 0 aromatic heterocycles. The van der Waals surface area contributed by atoms with Crippen molar-refractivity contribution in [3.05, 3.63) is 28.8 Å². The van der Waals surface area contributed by atoms with Crippen LogP contribution in [0.3, 0.4) is 0 Å². The van der Waals surface area contributed by atoms with Crippen molar-refractivity contribution >= 4 is 11.6 Å². The topological polar surface area (TPSA) is 35.2 Å². The number of benzene rings is 1. The average Bonchev–Trinajstić information content (AvgIpc) is 2.75. The van der Waals surface area contributed by atoms with Gasteiger partial charge in [0.25, 0.3) is 0 Å². The Balaban J connectivity index is 2.11. The van der Waals surface area contributed by atoms with Crippen LogP contribution in [0.4, 0.5) is 0 Å². The van der Waals surface area contributed by atoms with Gasteiger partial charge in [-0.3, -0.25) is 0 Å². The Morgan fingerprint density at radius 1 is 1.31 bits per heavy atom. The minimum atomic E-state index is 0.387. The van der Waals surface area contributed by atoms with Gasteiger partial charge in [-0.15, -0.1) is 0 Å². The van der Waals surface area contributed by atoms with E-state index in [0.717, 1.165) is 22.8 Å². The fraction of sp³-hybridized carbons (Fsp3) is 0.538. The lowest BCUT2D eigenvalue weighted by molar-refractivity contribution is 0.208. The van der Waals surface area contributed by atoms with Gasteiger partial charge in [-0.1, -0.05) is 11.6 Å². The summed E-state index contributed by atoms with van der Waals surface area (Å²) >= 11 is 5.97. The lowest BCUT2D eigenvalue weighted by atomic mass is 10.1. The van der Waals surface area contributed by atoms with Gasteiger partial charge in [0.05, 0.1) is 6.10 Å². The van der Waals surface area contributed by atoms with Gasteiger partial charge < -0.3 is 10.5 Å². The molecule has 2 rings (SSSR count).